The second-order valence-electron chi connectivity index (χ2n) is 7.18. The fourth-order valence-electron chi connectivity index (χ4n) is 3.16. The topological polar surface area (TPSA) is 83.1 Å². The molecule has 0 aromatic heterocycles. The maximum atomic E-state index is 12.6. The SMILES string of the molecule is CCN(CC)S(=O)(=O)c1ccc([C@H](C)[NH2+]CC(=O)Nc2cccc(C)c2C)cc1. The molecule has 7 heteroatoms. The Balaban J connectivity index is 1.98. The fourth-order valence-corrected chi connectivity index (χ4v) is 4.62. The lowest BCUT2D eigenvalue weighted by molar-refractivity contribution is -0.682. The normalized spacial score (nSPS) is 12.8. The number of benzene rings is 2. The Morgan fingerprint density at radius 1 is 1.07 bits per heavy atom. The Morgan fingerprint density at radius 2 is 1.69 bits per heavy atom. The van der Waals surface area contributed by atoms with E-state index in [1.807, 2.05) is 70.3 Å². The van der Waals surface area contributed by atoms with Crippen LogP contribution in [0.5, 0.6) is 0 Å². The van der Waals surface area contributed by atoms with Crippen molar-refractivity contribution in [2.24, 2.45) is 0 Å². The van der Waals surface area contributed by atoms with Crippen LogP contribution < -0.4 is 10.6 Å². The molecule has 0 radical (unpaired) electrons. The number of nitrogens with two attached hydrogens (primary N) is 1. The molecule has 0 saturated carbocycles. The number of quaternary nitrogens is 1. The summed E-state index contributed by atoms with van der Waals surface area (Å²) >= 11 is 0. The highest BCUT2D eigenvalue weighted by Crippen LogP contribution is 2.19. The Labute approximate surface area is 174 Å². The largest absolute Gasteiger partial charge is 0.333 e. The van der Waals surface area contributed by atoms with Crippen LogP contribution in [-0.4, -0.2) is 38.3 Å². The first-order valence-electron chi connectivity index (χ1n) is 10.00. The molecule has 2 aromatic rings. The molecule has 2 rings (SSSR count). The summed E-state index contributed by atoms with van der Waals surface area (Å²) in [5.41, 5.74) is 4.02. The number of rotatable bonds is 9. The highest BCUT2D eigenvalue weighted by atomic mass is 32.2. The number of hydrogen-bond acceptors (Lipinski definition) is 3. The number of amides is 1. The minimum atomic E-state index is -3.45. The molecule has 1 amide bonds. The Kier molecular flexibility index (Phi) is 7.96. The van der Waals surface area contributed by atoms with Crippen molar-refractivity contribution in [3.8, 4) is 0 Å². The average Bonchev–Trinajstić information content (AvgIpc) is 2.70. The molecule has 158 valence electrons. The van der Waals surface area contributed by atoms with Crippen molar-refractivity contribution in [1.29, 1.82) is 0 Å². The quantitative estimate of drug-likeness (QED) is 0.657. The Bertz CT molecular complexity index is 936. The number of carbonyl (C=O) groups excluding carboxylic acids is 1. The van der Waals surface area contributed by atoms with Crippen LogP contribution in [-0.2, 0) is 14.8 Å². The molecule has 0 aliphatic carbocycles. The zero-order valence-corrected chi connectivity index (χ0v) is 18.7. The van der Waals surface area contributed by atoms with Crippen molar-refractivity contribution in [2.45, 2.75) is 45.6 Å². The van der Waals surface area contributed by atoms with Gasteiger partial charge in [0.1, 0.15) is 6.04 Å². The standard InChI is InChI=1S/C22H31N3O3S/c1-6-25(7-2)29(27,28)20-13-11-19(12-14-20)18(5)23-15-22(26)24-21-10-8-9-16(3)17(21)4/h8-14,18,23H,6-7,15H2,1-5H3,(H,24,26)/p+1/t18-/m0/s1. The van der Waals surface area contributed by atoms with Gasteiger partial charge in [-0.05, 0) is 50.1 Å². The monoisotopic (exact) mass is 418 g/mol. The summed E-state index contributed by atoms with van der Waals surface area (Å²) in [5, 5.41) is 4.90. The van der Waals surface area contributed by atoms with Gasteiger partial charge in [0.15, 0.2) is 6.54 Å². The molecule has 6 nitrogen and oxygen atoms in total. The predicted molar refractivity (Wildman–Crippen MR) is 116 cm³/mol. The molecule has 0 heterocycles. The lowest BCUT2D eigenvalue weighted by Gasteiger charge is -2.19. The summed E-state index contributed by atoms with van der Waals surface area (Å²) < 4.78 is 26.6. The van der Waals surface area contributed by atoms with Gasteiger partial charge in [0.2, 0.25) is 10.0 Å². The van der Waals surface area contributed by atoms with Crippen molar-refractivity contribution in [1.82, 2.24) is 4.31 Å². The summed E-state index contributed by atoms with van der Waals surface area (Å²) in [6.45, 7) is 10.8. The Morgan fingerprint density at radius 3 is 2.28 bits per heavy atom. The van der Waals surface area contributed by atoms with Gasteiger partial charge in [-0.3, -0.25) is 4.79 Å². The molecular weight excluding hydrogens is 386 g/mol. The molecule has 0 aliphatic rings. The molecule has 0 bridgehead atoms. The smallest absolute Gasteiger partial charge is 0.279 e. The first-order chi connectivity index (χ1) is 13.7. The van der Waals surface area contributed by atoms with E-state index in [4.69, 9.17) is 0 Å². The fraction of sp³-hybridized carbons (Fsp3) is 0.409. The van der Waals surface area contributed by atoms with Gasteiger partial charge in [-0.15, -0.1) is 0 Å². The summed E-state index contributed by atoms with van der Waals surface area (Å²) in [6, 6.07) is 12.8. The van der Waals surface area contributed by atoms with Crippen LogP contribution in [0.15, 0.2) is 47.4 Å². The van der Waals surface area contributed by atoms with Crippen LogP contribution in [0, 0.1) is 13.8 Å². The van der Waals surface area contributed by atoms with Gasteiger partial charge in [-0.1, -0.05) is 38.1 Å². The number of hydrogen-bond donors (Lipinski definition) is 2. The highest BCUT2D eigenvalue weighted by molar-refractivity contribution is 7.89. The van der Waals surface area contributed by atoms with Crippen LogP contribution in [0.4, 0.5) is 5.69 Å². The molecule has 0 fully saturated rings. The number of aryl methyl sites for hydroxylation is 1. The van der Waals surface area contributed by atoms with Gasteiger partial charge < -0.3 is 10.6 Å². The first kappa shape index (κ1) is 23.1. The summed E-state index contributed by atoms with van der Waals surface area (Å²) in [4.78, 5) is 12.6. The van der Waals surface area contributed by atoms with Crippen LogP contribution >= 0.6 is 0 Å². The van der Waals surface area contributed by atoms with E-state index in [1.165, 1.54) is 4.31 Å². The molecule has 0 aliphatic heterocycles. The van der Waals surface area contributed by atoms with Crippen LogP contribution in [0.25, 0.3) is 0 Å². The number of sulfonamides is 1. The van der Waals surface area contributed by atoms with E-state index < -0.39 is 10.0 Å². The van der Waals surface area contributed by atoms with E-state index >= 15 is 0 Å². The first-order valence-corrected chi connectivity index (χ1v) is 11.4. The van der Waals surface area contributed by atoms with Crippen LogP contribution in [0.1, 0.15) is 43.5 Å². The van der Waals surface area contributed by atoms with E-state index in [2.05, 4.69) is 5.32 Å². The maximum Gasteiger partial charge on any atom is 0.279 e. The van der Waals surface area contributed by atoms with Gasteiger partial charge in [0.25, 0.3) is 5.91 Å². The van der Waals surface area contributed by atoms with Gasteiger partial charge in [-0.25, -0.2) is 8.42 Å². The molecule has 2 aromatic carbocycles. The average molecular weight is 419 g/mol. The number of nitrogens with zero attached hydrogens (tertiary/aromatic N) is 1. The molecule has 0 spiro atoms. The van der Waals surface area contributed by atoms with Crippen LogP contribution in [0.2, 0.25) is 0 Å². The van der Waals surface area contributed by atoms with Gasteiger partial charge in [-0.2, -0.15) is 4.31 Å². The number of carbonyl (C=O) groups is 1. The van der Waals surface area contributed by atoms with E-state index in [9.17, 15) is 13.2 Å². The van der Waals surface area contributed by atoms with Crippen molar-refractivity contribution < 1.29 is 18.5 Å². The van der Waals surface area contributed by atoms with Gasteiger partial charge in [0.05, 0.1) is 4.90 Å². The van der Waals surface area contributed by atoms with E-state index in [1.54, 1.807) is 12.1 Å². The molecule has 29 heavy (non-hydrogen) atoms. The minimum Gasteiger partial charge on any atom is -0.333 e. The zero-order chi connectivity index (χ0) is 21.6. The molecule has 1 atom stereocenters. The van der Waals surface area contributed by atoms with E-state index in [0.29, 0.717) is 18.0 Å². The van der Waals surface area contributed by atoms with Gasteiger partial charge in [0, 0.05) is 24.3 Å². The lowest BCUT2D eigenvalue weighted by Crippen LogP contribution is -2.86. The van der Waals surface area contributed by atoms with Gasteiger partial charge >= 0.3 is 0 Å². The lowest BCUT2D eigenvalue weighted by atomic mass is 10.1. The minimum absolute atomic E-state index is 0.0320. The second-order valence-corrected chi connectivity index (χ2v) is 9.12. The number of nitrogens with one attached hydrogen (secondary N) is 1. The van der Waals surface area contributed by atoms with E-state index in [0.717, 1.165) is 22.4 Å². The third kappa shape index (κ3) is 5.65. The maximum absolute atomic E-state index is 12.6. The third-order valence-corrected chi connectivity index (χ3v) is 7.35. The third-order valence-electron chi connectivity index (χ3n) is 5.28. The van der Waals surface area contributed by atoms with Crippen LogP contribution in [0.3, 0.4) is 0 Å². The van der Waals surface area contributed by atoms with E-state index in [-0.39, 0.29) is 18.5 Å². The molecule has 0 saturated heterocycles. The molecule has 0 unspecified atom stereocenters. The molecular formula is C22H32N3O3S+. The Hall–Kier alpha value is -2.22. The van der Waals surface area contributed by atoms with Crippen molar-refractivity contribution in [3.63, 3.8) is 0 Å². The summed E-state index contributed by atoms with van der Waals surface area (Å²) in [5.74, 6) is -0.0636. The van der Waals surface area contributed by atoms with Crippen molar-refractivity contribution in [3.05, 3.63) is 59.2 Å². The summed E-state index contributed by atoms with van der Waals surface area (Å²) in [7, 11) is -3.45. The summed E-state index contributed by atoms with van der Waals surface area (Å²) in [6.07, 6.45) is 0. The highest BCUT2D eigenvalue weighted by Gasteiger charge is 2.22. The van der Waals surface area contributed by atoms with Crippen molar-refractivity contribution >= 4 is 21.6 Å². The second kappa shape index (κ2) is 10.0. The number of anilines is 1. The van der Waals surface area contributed by atoms with Crippen molar-refractivity contribution in [2.75, 3.05) is 25.0 Å². The predicted octanol–water partition coefficient (Wildman–Crippen LogP) is 2.60. The molecule has 3 N–H and O–H groups in total. The zero-order valence-electron chi connectivity index (χ0n) is 17.9.